The molecule has 1 N–H and O–H groups in total. The number of pyridine rings is 1. The van der Waals surface area contributed by atoms with Crippen molar-refractivity contribution in [2.75, 3.05) is 27.2 Å². The van der Waals surface area contributed by atoms with Crippen molar-refractivity contribution < 1.29 is 14.3 Å². The van der Waals surface area contributed by atoms with Gasteiger partial charge in [-0.3, -0.25) is 14.6 Å². The van der Waals surface area contributed by atoms with E-state index in [1.165, 1.54) is 0 Å². The van der Waals surface area contributed by atoms with E-state index in [4.69, 9.17) is 4.74 Å². The molecule has 1 aliphatic heterocycles. The minimum absolute atomic E-state index is 0.0228. The summed E-state index contributed by atoms with van der Waals surface area (Å²) in [6.45, 7) is 1.03. The van der Waals surface area contributed by atoms with Crippen LogP contribution in [0.25, 0.3) is 11.1 Å². The first-order valence-electron chi connectivity index (χ1n) is 11.2. The molecule has 0 bridgehead atoms. The molecule has 6 heteroatoms. The number of methoxy groups -OCH3 is 1. The van der Waals surface area contributed by atoms with E-state index in [9.17, 15) is 9.59 Å². The predicted molar refractivity (Wildman–Crippen MR) is 128 cm³/mol. The van der Waals surface area contributed by atoms with E-state index in [-0.39, 0.29) is 11.8 Å². The fourth-order valence-corrected chi connectivity index (χ4v) is 4.64. The highest BCUT2D eigenvalue weighted by molar-refractivity contribution is 5.94. The zero-order chi connectivity index (χ0) is 23.3. The summed E-state index contributed by atoms with van der Waals surface area (Å²) in [5.41, 5.74) is 3.18. The minimum atomic E-state index is -0.660. The van der Waals surface area contributed by atoms with Crippen LogP contribution in [0.15, 0.2) is 73.1 Å². The summed E-state index contributed by atoms with van der Waals surface area (Å²) in [6.07, 6.45) is 5.33. The average Bonchev–Trinajstić information content (AvgIpc) is 2.89. The van der Waals surface area contributed by atoms with Gasteiger partial charge in [-0.15, -0.1) is 0 Å². The molecule has 1 aliphatic rings. The lowest BCUT2D eigenvalue weighted by molar-refractivity contribution is -0.133. The minimum Gasteiger partial charge on any atom is -0.497 e. The zero-order valence-electron chi connectivity index (χ0n) is 19.1. The summed E-state index contributed by atoms with van der Waals surface area (Å²) >= 11 is 0. The average molecular weight is 444 g/mol. The first-order valence-corrected chi connectivity index (χ1v) is 11.2. The van der Waals surface area contributed by atoms with Crippen molar-refractivity contribution in [2.45, 2.75) is 19.3 Å². The molecule has 33 heavy (non-hydrogen) atoms. The largest absolute Gasteiger partial charge is 0.497 e. The summed E-state index contributed by atoms with van der Waals surface area (Å²) in [6, 6.07) is 19.8. The van der Waals surface area contributed by atoms with Crippen LogP contribution in [-0.2, 0) is 11.2 Å². The van der Waals surface area contributed by atoms with Crippen LogP contribution in [-0.4, -0.2) is 48.9 Å². The monoisotopic (exact) mass is 443 g/mol. The molecule has 1 saturated heterocycles. The van der Waals surface area contributed by atoms with Gasteiger partial charge < -0.3 is 15.0 Å². The summed E-state index contributed by atoms with van der Waals surface area (Å²) in [7, 11) is 3.32. The number of aromatic nitrogens is 1. The van der Waals surface area contributed by atoms with Gasteiger partial charge in [0.1, 0.15) is 5.75 Å². The van der Waals surface area contributed by atoms with E-state index in [1.54, 1.807) is 43.6 Å². The number of piperidine rings is 1. The molecule has 0 spiro atoms. The molecule has 0 saturated carbocycles. The zero-order valence-corrected chi connectivity index (χ0v) is 19.1. The van der Waals surface area contributed by atoms with Crippen molar-refractivity contribution in [3.05, 3.63) is 84.2 Å². The van der Waals surface area contributed by atoms with Crippen LogP contribution in [0.4, 0.5) is 0 Å². The Bertz CT molecular complexity index is 1100. The van der Waals surface area contributed by atoms with Gasteiger partial charge in [0.15, 0.2) is 0 Å². The Labute approximate surface area is 194 Å². The van der Waals surface area contributed by atoms with Crippen LogP contribution in [0.2, 0.25) is 0 Å². The second-order valence-electron chi connectivity index (χ2n) is 8.53. The van der Waals surface area contributed by atoms with Crippen molar-refractivity contribution in [2.24, 2.45) is 5.41 Å². The number of rotatable bonds is 6. The Morgan fingerprint density at radius 2 is 1.76 bits per heavy atom. The number of nitrogens with zero attached hydrogens (tertiary/aromatic N) is 2. The maximum Gasteiger partial charge on any atom is 0.255 e. The fraction of sp³-hybridized carbons (Fsp3) is 0.296. The molecule has 0 radical (unpaired) electrons. The fourth-order valence-electron chi connectivity index (χ4n) is 4.64. The van der Waals surface area contributed by atoms with Gasteiger partial charge >= 0.3 is 0 Å². The highest BCUT2D eigenvalue weighted by Crippen LogP contribution is 2.35. The third kappa shape index (κ3) is 4.90. The van der Waals surface area contributed by atoms with Crippen LogP contribution in [0.5, 0.6) is 5.75 Å². The van der Waals surface area contributed by atoms with Crippen LogP contribution in [0.1, 0.15) is 28.8 Å². The third-order valence-electron chi connectivity index (χ3n) is 6.40. The number of hydrogen-bond donors (Lipinski definition) is 1. The normalized spacial score (nSPS) is 17.9. The lowest BCUT2D eigenvalue weighted by Crippen LogP contribution is -2.54. The van der Waals surface area contributed by atoms with Crippen molar-refractivity contribution in [1.82, 2.24) is 15.2 Å². The van der Waals surface area contributed by atoms with Crippen LogP contribution in [0, 0.1) is 5.41 Å². The van der Waals surface area contributed by atoms with Crippen molar-refractivity contribution in [3.8, 4) is 16.9 Å². The lowest BCUT2D eigenvalue weighted by atomic mass is 9.74. The van der Waals surface area contributed by atoms with Gasteiger partial charge in [-0.1, -0.05) is 36.4 Å². The maximum atomic E-state index is 13.1. The standard InChI is InChI=1S/C27H29N3O3/c1-28-26(32)27(14-4-16-30(19-27)25(31)23-5-3-15-29-18-23)17-20-6-8-21(9-7-20)22-10-12-24(33-2)13-11-22/h3,5-13,15,18H,4,14,16-17,19H2,1-2H3,(H,28,32). The Morgan fingerprint density at radius 1 is 1.06 bits per heavy atom. The number of nitrogens with one attached hydrogen (secondary N) is 1. The van der Waals surface area contributed by atoms with Gasteiger partial charge in [-0.2, -0.15) is 0 Å². The second-order valence-corrected chi connectivity index (χ2v) is 8.53. The van der Waals surface area contributed by atoms with E-state index >= 15 is 0 Å². The van der Waals surface area contributed by atoms with Gasteiger partial charge in [-0.25, -0.2) is 0 Å². The topological polar surface area (TPSA) is 71.5 Å². The molecule has 0 aliphatic carbocycles. The summed E-state index contributed by atoms with van der Waals surface area (Å²) in [5, 5.41) is 2.84. The highest BCUT2D eigenvalue weighted by atomic mass is 16.5. The predicted octanol–water partition coefficient (Wildman–Crippen LogP) is 3.97. The van der Waals surface area contributed by atoms with Crippen molar-refractivity contribution in [1.29, 1.82) is 0 Å². The number of hydrogen-bond acceptors (Lipinski definition) is 4. The molecule has 3 aromatic rings. The molecule has 1 aromatic heterocycles. The van der Waals surface area contributed by atoms with E-state index in [0.29, 0.717) is 25.1 Å². The number of ether oxygens (including phenoxy) is 1. The van der Waals surface area contributed by atoms with E-state index < -0.39 is 5.41 Å². The van der Waals surface area contributed by atoms with Crippen LogP contribution in [0.3, 0.4) is 0 Å². The maximum absolute atomic E-state index is 13.1. The molecule has 4 rings (SSSR count). The Morgan fingerprint density at radius 3 is 2.36 bits per heavy atom. The molecule has 6 nitrogen and oxygen atoms in total. The molecular weight excluding hydrogens is 414 g/mol. The highest BCUT2D eigenvalue weighted by Gasteiger charge is 2.43. The van der Waals surface area contributed by atoms with Crippen molar-refractivity contribution in [3.63, 3.8) is 0 Å². The van der Waals surface area contributed by atoms with Crippen molar-refractivity contribution >= 4 is 11.8 Å². The molecule has 2 amide bonds. The number of likely N-dealkylation sites (tertiary alicyclic amines) is 1. The molecule has 1 fully saturated rings. The van der Waals surface area contributed by atoms with E-state index in [0.717, 1.165) is 35.3 Å². The summed E-state index contributed by atoms with van der Waals surface area (Å²) in [4.78, 5) is 32.0. The van der Waals surface area contributed by atoms with E-state index in [2.05, 4.69) is 34.6 Å². The Balaban J connectivity index is 1.54. The molecular formula is C27H29N3O3. The number of carbonyl (C=O) groups is 2. The van der Waals surface area contributed by atoms with Gasteiger partial charge in [0.05, 0.1) is 18.1 Å². The Kier molecular flexibility index (Phi) is 6.73. The van der Waals surface area contributed by atoms with Gasteiger partial charge in [0.25, 0.3) is 5.91 Å². The smallest absolute Gasteiger partial charge is 0.255 e. The molecule has 2 heterocycles. The summed E-state index contributed by atoms with van der Waals surface area (Å²) in [5.74, 6) is 0.724. The number of carbonyl (C=O) groups excluding carboxylic acids is 2. The molecule has 1 unspecified atom stereocenters. The second kappa shape index (κ2) is 9.86. The third-order valence-corrected chi connectivity index (χ3v) is 6.40. The van der Waals surface area contributed by atoms with Gasteiger partial charge in [0, 0.05) is 32.5 Å². The summed E-state index contributed by atoms with van der Waals surface area (Å²) < 4.78 is 5.24. The molecule has 2 aromatic carbocycles. The Hall–Kier alpha value is -3.67. The molecule has 170 valence electrons. The molecule has 1 atom stereocenters. The van der Waals surface area contributed by atoms with Gasteiger partial charge in [0.2, 0.25) is 5.91 Å². The number of benzene rings is 2. The number of amides is 2. The van der Waals surface area contributed by atoms with E-state index in [1.807, 2.05) is 24.3 Å². The lowest BCUT2D eigenvalue weighted by Gasteiger charge is -2.41. The quantitative estimate of drug-likeness (QED) is 0.626. The first kappa shape index (κ1) is 22.5. The first-order chi connectivity index (χ1) is 16.0. The SMILES string of the molecule is CNC(=O)C1(Cc2ccc(-c3ccc(OC)cc3)cc2)CCCN(C(=O)c2cccnc2)C1. The van der Waals surface area contributed by atoms with Crippen LogP contribution < -0.4 is 10.1 Å². The van der Waals surface area contributed by atoms with Crippen LogP contribution >= 0.6 is 0 Å². The van der Waals surface area contributed by atoms with Gasteiger partial charge in [-0.05, 0) is 60.2 Å².